The summed E-state index contributed by atoms with van der Waals surface area (Å²) >= 11 is 9.53. The summed E-state index contributed by atoms with van der Waals surface area (Å²) in [7, 11) is -3.95. The van der Waals surface area contributed by atoms with E-state index in [-0.39, 0.29) is 11.1 Å². The number of rotatable bonds is 4. The smallest absolute Gasteiger partial charge is 0.273 e. The Labute approximate surface area is 136 Å². The van der Waals surface area contributed by atoms with E-state index in [1.165, 1.54) is 4.57 Å². The molecule has 114 valence electrons. The lowest BCUT2D eigenvalue weighted by Crippen LogP contribution is -2.20. The summed E-state index contributed by atoms with van der Waals surface area (Å²) in [5.41, 5.74) is 0.600. The second kappa shape index (κ2) is 6.04. The van der Waals surface area contributed by atoms with Gasteiger partial charge in [0.1, 0.15) is 0 Å². The first-order chi connectivity index (χ1) is 9.70. The highest BCUT2D eigenvalue weighted by molar-refractivity contribution is 9.10. The molecular weight excluding hydrogens is 380 g/mol. The topological polar surface area (TPSA) is 90.9 Å². The molecule has 6 nitrogen and oxygen atoms in total. The lowest BCUT2D eigenvalue weighted by Gasteiger charge is -2.12. The summed E-state index contributed by atoms with van der Waals surface area (Å²) < 4.78 is 25.6. The number of sulfonamides is 1. The number of primary sulfonamides is 1. The van der Waals surface area contributed by atoms with E-state index in [0.717, 1.165) is 4.47 Å². The van der Waals surface area contributed by atoms with E-state index in [9.17, 15) is 8.42 Å². The van der Waals surface area contributed by atoms with Crippen molar-refractivity contribution in [2.24, 2.45) is 11.1 Å². The van der Waals surface area contributed by atoms with Crippen molar-refractivity contribution in [3.63, 3.8) is 0 Å². The van der Waals surface area contributed by atoms with Crippen LogP contribution in [0.1, 0.15) is 13.8 Å². The van der Waals surface area contributed by atoms with Gasteiger partial charge < -0.3 is 0 Å². The van der Waals surface area contributed by atoms with Gasteiger partial charge in [-0.2, -0.15) is 0 Å². The third-order valence-electron chi connectivity index (χ3n) is 2.69. The molecule has 0 aliphatic heterocycles. The molecule has 0 bridgehead atoms. The Morgan fingerprint density at radius 3 is 2.57 bits per heavy atom. The summed E-state index contributed by atoms with van der Waals surface area (Å²) in [6.45, 7) is 4.33. The SMILES string of the molecule is CC(C)Cn1c(-c2ccc(Br)cc2Cl)nnc1S(N)(=O)=O. The van der Waals surface area contributed by atoms with Crippen LogP contribution in [0.4, 0.5) is 0 Å². The van der Waals surface area contributed by atoms with Crippen LogP contribution in [-0.2, 0) is 16.6 Å². The Hall–Kier alpha value is -0.960. The van der Waals surface area contributed by atoms with Crippen LogP contribution in [0.25, 0.3) is 11.4 Å². The van der Waals surface area contributed by atoms with Gasteiger partial charge in [-0.25, -0.2) is 13.6 Å². The Balaban J connectivity index is 2.66. The van der Waals surface area contributed by atoms with Gasteiger partial charge in [-0.3, -0.25) is 4.57 Å². The standard InChI is InChI=1S/C12H14BrClN4O2S/c1-7(2)6-18-11(16-17-12(18)21(15,19)20)9-4-3-8(13)5-10(9)14/h3-5,7H,6H2,1-2H3,(H2,15,19,20). The number of hydrogen-bond acceptors (Lipinski definition) is 4. The minimum absolute atomic E-state index is 0.189. The first kappa shape index (κ1) is 16.4. The fourth-order valence-corrected chi connectivity index (χ4v) is 3.28. The molecule has 2 N–H and O–H groups in total. The molecule has 0 amide bonds. The highest BCUT2D eigenvalue weighted by atomic mass is 79.9. The van der Waals surface area contributed by atoms with Gasteiger partial charge in [-0.05, 0) is 24.1 Å². The Kier molecular flexibility index (Phi) is 4.72. The van der Waals surface area contributed by atoms with Gasteiger partial charge >= 0.3 is 0 Å². The van der Waals surface area contributed by atoms with Crippen LogP contribution in [0.3, 0.4) is 0 Å². The molecule has 0 aliphatic carbocycles. The van der Waals surface area contributed by atoms with Crippen molar-refractivity contribution in [1.29, 1.82) is 0 Å². The van der Waals surface area contributed by atoms with Gasteiger partial charge in [0.2, 0.25) is 0 Å². The molecule has 0 saturated carbocycles. The van der Waals surface area contributed by atoms with Crippen LogP contribution in [0, 0.1) is 5.92 Å². The van der Waals surface area contributed by atoms with Gasteiger partial charge in [-0.1, -0.05) is 41.4 Å². The number of halogens is 2. The van der Waals surface area contributed by atoms with Crippen molar-refractivity contribution in [1.82, 2.24) is 14.8 Å². The van der Waals surface area contributed by atoms with E-state index in [1.54, 1.807) is 18.2 Å². The van der Waals surface area contributed by atoms with E-state index in [2.05, 4.69) is 26.1 Å². The molecule has 0 fully saturated rings. The van der Waals surface area contributed by atoms with Crippen LogP contribution < -0.4 is 5.14 Å². The van der Waals surface area contributed by atoms with Crippen LogP contribution >= 0.6 is 27.5 Å². The number of benzene rings is 1. The van der Waals surface area contributed by atoms with Crippen molar-refractivity contribution in [3.8, 4) is 11.4 Å². The van der Waals surface area contributed by atoms with Crippen molar-refractivity contribution < 1.29 is 8.42 Å². The second-order valence-corrected chi connectivity index (χ2v) is 7.76. The highest BCUT2D eigenvalue weighted by Gasteiger charge is 2.23. The minimum atomic E-state index is -3.95. The zero-order valence-electron chi connectivity index (χ0n) is 11.4. The molecule has 0 radical (unpaired) electrons. The maximum absolute atomic E-state index is 11.6. The monoisotopic (exact) mass is 392 g/mol. The number of hydrogen-bond donors (Lipinski definition) is 1. The van der Waals surface area contributed by atoms with Gasteiger partial charge in [0.05, 0.1) is 5.02 Å². The van der Waals surface area contributed by atoms with E-state index in [4.69, 9.17) is 16.7 Å². The quantitative estimate of drug-likeness (QED) is 0.864. The fraction of sp³-hybridized carbons (Fsp3) is 0.333. The van der Waals surface area contributed by atoms with Gasteiger partial charge in [0.15, 0.2) is 5.82 Å². The van der Waals surface area contributed by atoms with Gasteiger partial charge in [0.25, 0.3) is 15.2 Å². The fourth-order valence-electron chi connectivity index (χ4n) is 1.90. The lowest BCUT2D eigenvalue weighted by molar-refractivity contribution is 0.486. The maximum Gasteiger partial charge on any atom is 0.273 e. The number of nitrogens with zero attached hydrogens (tertiary/aromatic N) is 3. The molecule has 1 heterocycles. The molecule has 1 aromatic carbocycles. The van der Waals surface area contributed by atoms with Crippen molar-refractivity contribution in [3.05, 3.63) is 27.7 Å². The predicted molar refractivity (Wildman–Crippen MR) is 84.4 cm³/mol. The molecule has 21 heavy (non-hydrogen) atoms. The second-order valence-electron chi connectivity index (χ2n) is 4.98. The zero-order valence-corrected chi connectivity index (χ0v) is 14.6. The van der Waals surface area contributed by atoms with Crippen LogP contribution in [0.15, 0.2) is 27.8 Å². The molecule has 9 heteroatoms. The molecule has 1 aromatic heterocycles. The molecule has 2 rings (SSSR count). The molecule has 0 saturated heterocycles. The van der Waals surface area contributed by atoms with E-state index in [1.807, 2.05) is 13.8 Å². The average Bonchev–Trinajstić information content (AvgIpc) is 2.71. The molecule has 0 atom stereocenters. The first-order valence-corrected chi connectivity index (χ1v) is 8.83. The molecule has 2 aromatic rings. The molecule has 0 aliphatic rings. The average molecular weight is 394 g/mol. The van der Waals surface area contributed by atoms with E-state index >= 15 is 0 Å². The largest absolute Gasteiger partial charge is 0.296 e. The Morgan fingerprint density at radius 1 is 1.38 bits per heavy atom. The maximum atomic E-state index is 11.6. The minimum Gasteiger partial charge on any atom is -0.296 e. The molecular formula is C12H14BrClN4O2S. The van der Waals surface area contributed by atoms with E-state index < -0.39 is 10.0 Å². The normalized spacial score (nSPS) is 12.1. The summed E-state index contributed by atoms with van der Waals surface area (Å²) in [5, 5.41) is 13.0. The van der Waals surface area contributed by atoms with Crippen molar-refractivity contribution in [2.75, 3.05) is 0 Å². The lowest BCUT2D eigenvalue weighted by atomic mass is 10.2. The third-order valence-corrected chi connectivity index (χ3v) is 4.31. The molecule has 0 spiro atoms. The number of nitrogens with two attached hydrogens (primary N) is 1. The Bertz CT molecular complexity index is 774. The van der Waals surface area contributed by atoms with Gasteiger partial charge in [-0.15, -0.1) is 10.2 Å². The summed E-state index contributed by atoms with van der Waals surface area (Å²) in [6, 6.07) is 5.26. The van der Waals surface area contributed by atoms with Gasteiger partial charge in [0, 0.05) is 16.6 Å². The van der Waals surface area contributed by atoms with Crippen LogP contribution in [0.2, 0.25) is 5.02 Å². The first-order valence-electron chi connectivity index (χ1n) is 6.11. The third kappa shape index (κ3) is 3.63. The zero-order chi connectivity index (χ0) is 15.8. The summed E-state index contributed by atoms with van der Waals surface area (Å²) in [6.07, 6.45) is 0. The summed E-state index contributed by atoms with van der Waals surface area (Å²) in [5.74, 6) is 0.569. The molecule has 0 unspecified atom stereocenters. The van der Waals surface area contributed by atoms with Crippen molar-refractivity contribution in [2.45, 2.75) is 25.5 Å². The predicted octanol–water partition coefficient (Wildman–Crippen LogP) is 2.66. The van der Waals surface area contributed by atoms with Crippen LogP contribution in [0.5, 0.6) is 0 Å². The Morgan fingerprint density at radius 2 is 2.05 bits per heavy atom. The summed E-state index contributed by atoms with van der Waals surface area (Å²) in [4.78, 5) is 0. The highest BCUT2D eigenvalue weighted by Crippen LogP contribution is 2.30. The van der Waals surface area contributed by atoms with Crippen LogP contribution in [-0.4, -0.2) is 23.2 Å². The number of aromatic nitrogens is 3. The van der Waals surface area contributed by atoms with E-state index in [0.29, 0.717) is 23.0 Å². The van der Waals surface area contributed by atoms with Crippen molar-refractivity contribution >= 4 is 37.6 Å².